The van der Waals surface area contributed by atoms with Crippen LogP contribution in [0.25, 0.3) is 0 Å². The Kier molecular flexibility index (Phi) is 5.00. The summed E-state index contributed by atoms with van der Waals surface area (Å²) in [5, 5.41) is 0. The topological polar surface area (TPSA) is 9.23 Å². The third-order valence-electron chi connectivity index (χ3n) is 1.66. The summed E-state index contributed by atoms with van der Waals surface area (Å²) < 4.78 is 76.1. The molecule has 16 heavy (non-hydrogen) atoms. The molecule has 0 fully saturated rings. The fourth-order valence-electron chi connectivity index (χ4n) is 0.729. The van der Waals surface area contributed by atoms with Gasteiger partial charge in [0.05, 0.1) is 6.61 Å². The molecule has 98 valence electrons. The van der Waals surface area contributed by atoms with Crippen molar-refractivity contribution in [3.63, 3.8) is 0 Å². The molecule has 0 aromatic carbocycles. The minimum absolute atomic E-state index is 0.120. The fraction of sp³-hybridized carbons (Fsp3) is 1.00. The van der Waals surface area contributed by atoms with Gasteiger partial charge >= 0.3 is 12.4 Å². The lowest BCUT2D eigenvalue weighted by Crippen LogP contribution is -2.46. The molecular formula is C8H12F6OS. The lowest BCUT2D eigenvalue weighted by Gasteiger charge is -2.28. The van der Waals surface area contributed by atoms with Crippen LogP contribution in [0, 0.1) is 5.41 Å². The van der Waals surface area contributed by atoms with E-state index in [1.54, 1.807) is 0 Å². The van der Waals surface area contributed by atoms with E-state index in [4.69, 9.17) is 0 Å². The van der Waals surface area contributed by atoms with Crippen molar-refractivity contribution in [3.05, 3.63) is 0 Å². The number of thiol groups is 1. The van der Waals surface area contributed by atoms with Gasteiger partial charge in [-0.1, -0.05) is 13.8 Å². The van der Waals surface area contributed by atoms with Crippen molar-refractivity contribution in [3.8, 4) is 0 Å². The Balaban J connectivity index is 4.61. The molecule has 0 aromatic heterocycles. The van der Waals surface area contributed by atoms with Gasteiger partial charge in [0.25, 0.3) is 0 Å². The highest BCUT2D eigenvalue weighted by Gasteiger charge is 2.58. The molecule has 0 saturated carbocycles. The number of rotatable bonds is 4. The Labute approximate surface area is 94.6 Å². The van der Waals surface area contributed by atoms with E-state index in [0.29, 0.717) is 0 Å². The van der Waals surface area contributed by atoms with Gasteiger partial charge in [-0.25, -0.2) is 0 Å². The van der Waals surface area contributed by atoms with E-state index in [0.717, 1.165) is 0 Å². The first-order valence-corrected chi connectivity index (χ1v) is 4.89. The first kappa shape index (κ1) is 15.9. The smallest absolute Gasteiger partial charge is 0.360 e. The van der Waals surface area contributed by atoms with Crippen LogP contribution in [0.2, 0.25) is 0 Å². The van der Waals surface area contributed by atoms with Crippen LogP contribution in [0.1, 0.15) is 13.8 Å². The largest absolute Gasteiger partial charge is 0.423 e. The van der Waals surface area contributed by atoms with Gasteiger partial charge in [-0.05, 0) is 11.2 Å². The number of hydrogen-bond acceptors (Lipinski definition) is 2. The number of hydrogen-bond donors (Lipinski definition) is 1. The zero-order valence-electron chi connectivity index (χ0n) is 8.61. The Bertz CT molecular complexity index is 208. The fourth-order valence-corrected chi connectivity index (χ4v) is 0.820. The van der Waals surface area contributed by atoms with Crippen LogP contribution in [-0.4, -0.2) is 30.8 Å². The van der Waals surface area contributed by atoms with Crippen LogP contribution >= 0.6 is 12.6 Å². The van der Waals surface area contributed by atoms with Gasteiger partial charge in [0.1, 0.15) is 0 Å². The summed E-state index contributed by atoms with van der Waals surface area (Å²) in [5.41, 5.74) is -0.849. The van der Waals surface area contributed by atoms with E-state index in [2.05, 4.69) is 17.4 Å². The molecule has 8 heteroatoms. The quantitative estimate of drug-likeness (QED) is 0.608. The third-order valence-corrected chi connectivity index (χ3v) is 2.52. The summed E-state index contributed by atoms with van der Waals surface area (Å²) in [6.07, 6.45) is -14.6. The number of halogens is 6. The minimum Gasteiger partial charge on any atom is -0.360 e. The molecule has 0 N–H and O–H groups in total. The van der Waals surface area contributed by atoms with Crippen molar-refractivity contribution in [1.29, 1.82) is 0 Å². The van der Waals surface area contributed by atoms with Gasteiger partial charge < -0.3 is 4.74 Å². The van der Waals surface area contributed by atoms with Gasteiger partial charge in [-0.3, -0.25) is 0 Å². The van der Waals surface area contributed by atoms with Gasteiger partial charge in [0.15, 0.2) is 0 Å². The molecule has 0 radical (unpaired) electrons. The average Bonchev–Trinajstić information content (AvgIpc) is 1.99. The predicted molar refractivity (Wildman–Crippen MR) is 49.5 cm³/mol. The number of alkyl halides is 6. The maximum atomic E-state index is 12.0. The van der Waals surface area contributed by atoms with E-state index >= 15 is 0 Å². The second kappa shape index (κ2) is 5.03. The van der Waals surface area contributed by atoms with Gasteiger partial charge in [-0.15, -0.1) is 0 Å². The van der Waals surface area contributed by atoms with Crippen molar-refractivity contribution in [2.45, 2.75) is 32.3 Å². The maximum Gasteiger partial charge on any atom is 0.423 e. The van der Waals surface area contributed by atoms with Crippen molar-refractivity contribution in [2.24, 2.45) is 5.41 Å². The second-order valence-corrected chi connectivity index (χ2v) is 4.41. The molecule has 0 unspecified atom stereocenters. The molecule has 0 saturated heterocycles. The summed E-state index contributed by atoms with van der Waals surface area (Å²) in [4.78, 5) is 0. The molecule has 0 aliphatic carbocycles. The molecule has 0 aliphatic heterocycles. The van der Waals surface area contributed by atoms with E-state index < -0.39 is 30.5 Å². The number of ether oxygens (including phenoxy) is 1. The molecular weight excluding hydrogens is 258 g/mol. The molecule has 0 amide bonds. The van der Waals surface area contributed by atoms with E-state index in [9.17, 15) is 26.3 Å². The zero-order valence-corrected chi connectivity index (χ0v) is 9.51. The molecule has 0 heterocycles. The lowest BCUT2D eigenvalue weighted by atomic mass is 9.98. The normalized spacial score (nSPS) is 14.6. The highest BCUT2D eigenvalue weighted by Crippen LogP contribution is 2.36. The Morgan fingerprint density at radius 1 is 1.00 bits per heavy atom. The van der Waals surface area contributed by atoms with Gasteiger partial charge in [0, 0.05) is 0 Å². The van der Waals surface area contributed by atoms with Crippen molar-refractivity contribution in [1.82, 2.24) is 0 Å². The first-order valence-electron chi connectivity index (χ1n) is 4.26. The first-order chi connectivity index (χ1) is 6.90. The van der Waals surface area contributed by atoms with Crippen molar-refractivity contribution < 1.29 is 31.1 Å². The molecule has 1 nitrogen and oxygen atoms in total. The average molecular weight is 270 g/mol. The van der Waals surface area contributed by atoms with Crippen LogP contribution in [0.15, 0.2) is 0 Å². The van der Waals surface area contributed by atoms with E-state index in [-0.39, 0.29) is 5.75 Å². The minimum atomic E-state index is -5.45. The molecule has 0 spiro atoms. The highest BCUT2D eigenvalue weighted by molar-refractivity contribution is 7.80. The summed E-state index contributed by atoms with van der Waals surface area (Å²) in [6, 6.07) is 0. The summed E-state index contributed by atoms with van der Waals surface area (Å²) in [5.74, 6) is 0.120. The van der Waals surface area contributed by atoms with Crippen LogP contribution in [-0.2, 0) is 4.74 Å². The molecule has 0 aliphatic rings. The van der Waals surface area contributed by atoms with Crippen molar-refractivity contribution >= 4 is 12.6 Å². The van der Waals surface area contributed by atoms with Crippen LogP contribution < -0.4 is 0 Å². The monoisotopic (exact) mass is 270 g/mol. The lowest BCUT2D eigenvalue weighted by molar-refractivity contribution is -0.325. The van der Waals surface area contributed by atoms with E-state index in [1.165, 1.54) is 13.8 Å². The predicted octanol–water partition coefficient (Wildman–Crippen LogP) is 3.45. The van der Waals surface area contributed by atoms with Gasteiger partial charge in [0.2, 0.25) is 6.10 Å². The van der Waals surface area contributed by atoms with Gasteiger partial charge in [-0.2, -0.15) is 39.0 Å². The van der Waals surface area contributed by atoms with Crippen molar-refractivity contribution in [2.75, 3.05) is 12.4 Å². The summed E-state index contributed by atoms with van der Waals surface area (Å²) in [7, 11) is 0. The Hall–Kier alpha value is -0.110. The Morgan fingerprint density at radius 3 is 1.62 bits per heavy atom. The van der Waals surface area contributed by atoms with E-state index in [1.807, 2.05) is 0 Å². The molecule has 0 rings (SSSR count). The highest BCUT2D eigenvalue weighted by atomic mass is 32.1. The Morgan fingerprint density at radius 2 is 1.38 bits per heavy atom. The SMILES string of the molecule is CC(C)(CS)COC(C(F)(F)F)C(F)(F)F. The summed E-state index contributed by atoms with van der Waals surface area (Å²) in [6.45, 7) is 2.26. The second-order valence-electron chi connectivity index (χ2n) is 4.10. The third kappa shape index (κ3) is 5.29. The van der Waals surface area contributed by atoms with Crippen LogP contribution in [0.4, 0.5) is 26.3 Å². The molecule has 0 atom stereocenters. The zero-order chi connectivity index (χ0) is 13.2. The summed E-state index contributed by atoms with van der Waals surface area (Å²) >= 11 is 3.81. The maximum absolute atomic E-state index is 12.0. The van der Waals surface area contributed by atoms with Crippen LogP contribution in [0.5, 0.6) is 0 Å². The standard InChI is InChI=1S/C8H12F6OS/c1-6(2,4-16)3-15-5(7(9,10)11)8(12,13)14/h5,16H,3-4H2,1-2H3. The molecule has 0 aromatic rings. The van der Waals surface area contributed by atoms with Crippen LogP contribution in [0.3, 0.4) is 0 Å². The molecule has 0 bridgehead atoms.